The number of halogens is 1. The summed E-state index contributed by atoms with van der Waals surface area (Å²) in [5.41, 5.74) is -1.16. The summed E-state index contributed by atoms with van der Waals surface area (Å²) in [6.45, 7) is 2.76. The van der Waals surface area contributed by atoms with Gasteiger partial charge in [0.2, 0.25) is 0 Å². The second kappa shape index (κ2) is 4.18. The average Bonchev–Trinajstić information content (AvgIpc) is 1.60. The Balaban J connectivity index is 0. The van der Waals surface area contributed by atoms with Gasteiger partial charge in [-0.15, -0.1) is 12.4 Å². The average molecular weight is 183 g/mol. The number of carboxylic acid groups (broad SMARTS) is 2. The highest BCUT2D eigenvalue weighted by atomic mass is 35.5. The third-order valence-corrected chi connectivity index (χ3v) is 1.17. The van der Waals surface area contributed by atoms with Crippen LogP contribution in [0.3, 0.4) is 0 Å². The van der Waals surface area contributed by atoms with E-state index in [1.54, 1.807) is 0 Å². The lowest BCUT2D eigenvalue weighted by molar-refractivity contribution is -0.153. The van der Waals surface area contributed by atoms with E-state index >= 15 is 0 Å². The van der Waals surface area contributed by atoms with E-state index < -0.39 is 17.4 Å². The van der Waals surface area contributed by atoms with Crippen LogP contribution in [0.4, 0.5) is 0 Å². The van der Waals surface area contributed by atoms with Gasteiger partial charge in [0.25, 0.3) is 0 Å². The van der Waals surface area contributed by atoms with Crippen LogP contribution >= 0.6 is 12.4 Å². The highest BCUT2D eigenvalue weighted by Crippen LogP contribution is 2.19. The molecule has 0 saturated carbocycles. The molecule has 0 aliphatic rings. The molecule has 0 fully saturated rings. The number of hydrogen-bond acceptors (Lipinski definition) is 2. The molecule has 0 aromatic heterocycles. The van der Waals surface area contributed by atoms with E-state index in [9.17, 15) is 9.59 Å². The molecule has 4 nitrogen and oxygen atoms in total. The molecule has 0 saturated heterocycles. The van der Waals surface area contributed by atoms with Crippen molar-refractivity contribution >= 4 is 24.3 Å². The van der Waals surface area contributed by atoms with E-state index in [0.717, 1.165) is 0 Å². The molecule has 0 aromatic rings. The summed E-state index contributed by atoms with van der Waals surface area (Å²) in [6.07, 6.45) is -0.345. The third-order valence-electron chi connectivity index (χ3n) is 1.17. The smallest absolute Gasteiger partial charge is 0.309 e. The van der Waals surface area contributed by atoms with Crippen LogP contribution in [0.5, 0.6) is 0 Å². The molecule has 0 aliphatic carbocycles. The molecule has 2 N–H and O–H groups in total. The second-order valence-electron chi connectivity index (χ2n) is 2.76. The molecular formula is C6H11ClO4. The highest BCUT2D eigenvalue weighted by Gasteiger charge is 2.29. The first-order valence-corrected chi connectivity index (χ1v) is 2.81. The summed E-state index contributed by atoms with van der Waals surface area (Å²) in [6, 6.07) is 0. The van der Waals surface area contributed by atoms with Crippen molar-refractivity contribution in [2.75, 3.05) is 0 Å². The lowest BCUT2D eigenvalue weighted by atomic mass is 9.90. The standard InChI is InChI=1S/C6H10O4.ClH/c1-6(2,5(9)10)3-4(7)8;/h3H2,1-2H3,(H,7,8)(H,9,10);1H. The fourth-order valence-electron chi connectivity index (χ4n) is 0.454. The van der Waals surface area contributed by atoms with Crippen LogP contribution in [0, 0.1) is 5.41 Å². The highest BCUT2D eigenvalue weighted by molar-refractivity contribution is 5.85. The minimum absolute atomic E-state index is 0. The predicted octanol–water partition coefficient (Wildman–Crippen LogP) is 0.994. The fourth-order valence-corrected chi connectivity index (χ4v) is 0.454. The van der Waals surface area contributed by atoms with E-state index in [1.165, 1.54) is 13.8 Å². The number of rotatable bonds is 3. The van der Waals surface area contributed by atoms with E-state index in [1.807, 2.05) is 0 Å². The number of carboxylic acids is 2. The summed E-state index contributed by atoms with van der Waals surface area (Å²) in [5.74, 6) is -2.18. The van der Waals surface area contributed by atoms with Gasteiger partial charge in [-0.05, 0) is 13.8 Å². The fraction of sp³-hybridized carbons (Fsp3) is 0.667. The first-order valence-electron chi connectivity index (χ1n) is 2.81. The van der Waals surface area contributed by atoms with Crippen molar-refractivity contribution in [1.29, 1.82) is 0 Å². The van der Waals surface area contributed by atoms with Crippen LogP contribution in [0.1, 0.15) is 20.3 Å². The van der Waals surface area contributed by atoms with E-state index in [0.29, 0.717) is 0 Å². The molecule has 0 amide bonds. The van der Waals surface area contributed by atoms with Gasteiger partial charge in [0.1, 0.15) is 0 Å². The van der Waals surface area contributed by atoms with Crippen molar-refractivity contribution < 1.29 is 19.8 Å². The van der Waals surface area contributed by atoms with Crippen LogP contribution in [0.2, 0.25) is 0 Å². The monoisotopic (exact) mass is 182 g/mol. The van der Waals surface area contributed by atoms with Gasteiger partial charge in [-0.25, -0.2) is 0 Å². The zero-order valence-corrected chi connectivity index (χ0v) is 7.14. The Labute approximate surface area is 70.6 Å². The van der Waals surface area contributed by atoms with Crippen molar-refractivity contribution in [3.8, 4) is 0 Å². The molecule has 0 atom stereocenters. The Morgan fingerprint density at radius 3 is 1.73 bits per heavy atom. The van der Waals surface area contributed by atoms with Crippen molar-refractivity contribution in [3.63, 3.8) is 0 Å². The molecule has 11 heavy (non-hydrogen) atoms. The predicted molar refractivity (Wildman–Crippen MR) is 40.9 cm³/mol. The Morgan fingerprint density at radius 1 is 1.27 bits per heavy atom. The molecule has 5 heteroatoms. The normalized spacial score (nSPS) is 10.0. The quantitative estimate of drug-likeness (QED) is 0.683. The summed E-state index contributed by atoms with van der Waals surface area (Å²) >= 11 is 0. The van der Waals surface area contributed by atoms with Gasteiger partial charge in [0.15, 0.2) is 0 Å². The van der Waals surface area contributed by atoms with Gasteiger partial charge in [0.05, 0.1) is 11.8 Å². The molecule has 0 unspecified atom stereocenters. The van der Waals surface area contributed by atoms with Gasteiger partial charge in [-0.2, -0.15) is 0 Å². The molecular weight excluding hydrogens is 172 g/mol. The maximum atomic E-state index is 10.3. The Kier molecular flexibility index (Phi) is 4.89. The Morgan fingerprint density at radius 2 is 1.64 bits per heavy atom. The van der Waals surface area contributed by atoms with Crippen LogP contribution in [0.15, 0.2) is 0 Å². The zero-order chi connectivity index (χ0) is 8.36. The second-order valence-corrected chi connectivity index (χ2v) is 2.76. The molecule has 0 radical (unpaired) electrons. The lowest BCUT2D eigenvalue weighted by Gasteiger charge is -2.14. The van der Waals surface area contributed by atoms with E-state index in [-0.39, 0.29) is 18.8 Å². The minimum atomic E-state index is -1.16. The summed E-state index contributed by atoms with van der Waals surface area (Å²) < 4.78 is 0. The first kappa shape index (κ1) is 12.9. The van der Waals surface area contributed by atoms with Crippen molar-refractivity contribution in [1.82, 2.24) is 0 Å². The molecule has 0 rings (SSSR count). The minimum Gasteiger partial charge on any atom is -0.481 e. The molecule has 0 aromatic carbocycles. The maximum Gasteiger partial charge on any atom is 0.309 e. The molecule has 0 aliphatic heterocycles. The zero-order valence-electron chi connectivity index (χ0n) is 6.33. The van der Waals surface area contributed by atoms with Crippen LogP contribution in [-0.2, 0) is 9.59 Å². The van der Waals surface area contributed by atoms with E-state index in [2.05, 4.69) is 0 Å². The SMILES string of the molecule is CC(C)(CC(=O)O)C(=O)O.Cl. The number of carbonyl (C=O) groups is 2. The number of hydrogen-bond donors (Lipinski definition) is 2. The summed E-state index contributed by atoms with van der Waals surface area (Å²) in [4.78, 5) is 20.3. The van der Waals surface area contributed by atoms with Gasteiger partial charge in [-0.1, -0.05) is 0 Å². The van der Waals surface area contributed by atoms with Gasteiger partial charge in [0, 0.05) is 0 Å². The first-order chi connectivity index (χ1) is 4.36. The molecule has 0 bridgehead atoms. The van der Waals surface area contributed by atoms with Crippen molar-refractivity contribution in [3.05, 3.63) is 0 Å². The van der Waals surface area contributed by atoms with Gasteiger partial charge in [-0.3, -0.25) is 9.59 Å². The Hall–Kier alpha value is -0.770. The Bertz CT molecular complexity index is 164. The number of aliphatic carboxylic acids is 2. The van der Waals surface area contributed by atoms with Crippen LogP contribution in [0.25, 0.3) is 0 Å². The van der Waals surface area contributed by atoms with Crippen molar-refractivity contribution in [2.45, 2.75) is 20.3 Å². The van der Waals surface area contributed by atoms with Gasteiger partial charge >= 0.3 is 11.9 Å². The van der Waals surface area contributed by atoms with Crippen LogP contribution < -0.4 is 0 Å². The summed E-state index contributed by atoms with van der Waals surface area (Å²) in [5, 5.41) is 16.7. The molecule has 0 heterocycles. The maximum absolute atomic E-state index is 10.3. The molecule has 66 valence electrons. The third kappa shape index (κ3) is 4.61. The van der Waals surface area contributed by atoms with Crippen molar-refractivity contribution in [2.24, 2.45) is 5.41 Å². The van der Waals surface area contributed by atoms with E-state index in [4.69, 9.17) is 10.2 Å². The van der Waals surface area contributed by atoms with Gasteiger partial charge < -0.3 is 10.2 Å². The molecule has 0 spiro atoms. The lowest BCUT2D eigenvalue weighted by Crippen LogP contribution is -2.26. The topological polar surface area (TPSA) is 74.6 Å². The van der Waals surface area contributed by atoms with Crippen LogP contribution in [-0.4, -0.2) is 22.2 Å². The largest absolute Gasteiger partial charge is 0.481 e. The summed E-state index contributed by atoms with van der Waals surface area (Å²) in [7, 11) is 0.